The van der Waals surface area contributed by atoms with E-state index < -0.39 is 17.9 Å². The van der Waals surface area contributed by atoms with Crippen molar-refractivity contribution in [1.29, 1.82) is 0 Å². The average Bonchev–Trinajstić information content (AvgIpc) is 2.07. The molecule has 3 nitrogen and oxygen atoms in total. The molecule has 60 valence electrons. The molecule has 0 radical (unpaired) electrons. The summed E-state index contributed by atoms with van der Waals surface area (Å²) in [7, 11) is 0. The largest absolute Gasteiger partial charge is 0.510 e. The van der Waals surface area contributed by atoms with E-state index in [-0.39, 0.29) is 0 Å². The first-order valence-electron chi connectivity index (χ1n) is 3.38. The van der Waals surface area contributed by atoms with Crippen molar-refractivity contribution < 1.29 is 14.3 Å². The van der Waals surface area contributed by atoms with Crippen LogP contribution >= 0.6 is 0 Å². The minimum absolute atomic E-state index is 0.431. The van der Waals surface area contributed by atoms with Crippen molar-refractivity contribution in [2.75, 3.05) is 0 Å². The highest BCUT2D eigenvalue weighted by Gasteiger charge is 2.42. The predicted octanol–water partition coefficient (Wildman–Crippen LogP) is 1.32. The normalized spacial score (nSPS) is 26.5. The number of carbonyl (C=O) groups is 1. The summed E-state index contributed by atoms with van der Waals surface area (Å²) < 4.78 is 9.63. The van der Waals surface area contributed by atoms with Gasteiger partial charge < -0.3 is 9.47 Å². The maximum absolute atomic E-state index is 10.6. The van der Waals surface area contributed by atoms with Gasteiger partial charge in [0.15, 0.2) is 5.60 Å². The van der Waals surface area contributed by atoms with Crippen LogP contribution in [0.3, 0.4) is 0 Å². The highest BCUT2D eigenvalue weighted by atomic mass is 16.8. The van der Waals surface area contributed by atoms with Gasteiger partial charge in [-0.2, -0.15) is 0 Å². The number of carbonyl (C=O) groups excluding carboxylic acids is 1. The highest BCUT2D eigenvalue weighted by Crippen LogP contribution is 2.25. The van der Waals surface area contributed by atoms with Crippen LogP contribution in [0.1, 0.15) is 20.8 Å². The fourth-order valence-electron chi connectivity index (χ4n) is 0.865. The lowest BCUT2D eigenvalue weighted by atomic mass is 10.0. The minimum atomic E-state index is -0.636. The smallest absolute Gasteiger partial charge is 0.423 e. The van der Waals surface area contributed by atoms with Crippen LogP contribution < -0.4 is 0 Å². The summed E-state index contributed by atoms with van der Waals surface area (Å²) in [6.45, 7) is 5.24. The van der Waals surface area contributed by atoms with Gasteiger partial charge in [-0.1, -0.05) is 5.92 Å². The molecule has 0 N–H and O–H groups in total. The average molecular weight is 154 g/mol. The van der Waals surface area contributed by atoms with Gasteiger partial charge in [0.2, 0.25) is 6.10 Å². The molecule has 11 heavy (non-hydrogen) atoms. The summed E-state index contributed by atoms with van der Waals surface area (Å²) >= 11 is 0. The molecule has 1 aliphatic rings. The number of cyclic esters (lactones) is 2. The number of hydrogen-bond acceptors (Lipinski definition) is 3. The van der Waals surface area contributed by atoms with E-state index in [4.69, 9.17) is 9.47 Å². The summed E-state index contributed by atoms with van der Waals surface area (Å²) in [5, 5.41) is 0. The van der Waals surface area contributed by atoms with Gasteiger partial charge in [0.05, 0.1) is 0 Å². The standard InChI is InChI=1S/C8H10O3/c1-4-5-6-8(2,3)11-7(9)10-6/h6H,1-3H3. The zero-order valence-corrected chi connectivity index (χ0v) is 6.80. The van der Waals surface area contributed by atoms with Crippen molar-refractivity contribution in [3.63, 3.8) is 0 Å². The van der Waals surface area contributed by atoms with Crippen molar-refractivity contribution in [1.82, 2.24) is 0 Å². The number of ether oxygens (including phenoxy) is 2. The molecular weight excluding hydrogens is 144 g/mol. The molecule has 0 aromatic carbocycles. The number of rotatable bonds is 0. The Bertz CT molecular complexity index is 231. The molecule has 0 amide bonds. The predicted molar refractivity (Wildman–Crippen MR) is 38.9 cm³/mol. The first-order valence-corrected chi connectivity index (χ1v) is 3.38. The van der Waals surface area contributed by atoms with Crippen LogP contribution in [0.15, 0.2) is 0 Å². The lowest BCUT2D eigenvalue weighted by Crippen LogP contribution is -2.31. The van der Waals surface area contributed by atoms with Crippen molar-refractivity contribution >= 4 is 6.16 Å². The molecule has 1 unspecified atom stereocenters. The third-order valence-corrected chi connectivity index (χ3v) is 1.47. The second kappa shape index (κ2) is 2.46. The van der Waals surface area contributed by atoms with Crippen LogP contribution in [0.25, 0.3) is 0 Å². The molecular formula is C8H10O3. The third-order valence-electron chi connectivity index (χ3n) is 1.47. The van der Waals surface area contributed by atoms with Gasteiger partial charge in [0, 0.05) is 0 Å². The van der Waals surface area contributed by atoms with E-state index in [0.717, 1.165) is 0 Å². The topological polar surface area (TPSA) is 35.5 Å². The lowest BCUT2D eigenvalue weighted by Gasteiger charge is -2.16. The first kappa shape index (κ1) is 7.93. The zero-order chi connectivity index (χ0) is 8.48. The summed E-state index contributed by atoms with van der Waals surface area (Å²) in [6.07, 6.45) is -1.07. The van der Waals surface area contributed by atoms with Gasteiger partial charge in [-0.25, -0.2) is 4.79 Å². The third kappa shape index (κ3) is 1.45. The van der Waals surface area contributed by atoms with Crippen molar-refractivity contribution in [3.05, 3.63) is 0 Å². The van der Waals surface area contributed by atoms with E-state index in [1.807, 2.05) is 0 Å². The molecule has 0 saturated carbocycles. The summed E-state index contributed by atoms with van der Waals surface area (Å²) in [6, 6.07) is 0. The maximum atomic E-state index is 10.6. The molecule has 1 saturated heterocycles. The molecule has 0 spiro atoms. The monoisotopic (exact) mass is 154 g/mol. The number of hydrogen-bond donors (Lipinski definition) is 0. The molecule has 0 aromatic heterocycles. The van der Waals surface area contributed by atoms with Crippen molar-refractivity contribution in [2.45, 2.75) is 32.5 Å². The van der Waals surface area contributed by atoms with Crippen LogP contribution in [0, 0.1) is 11.8 Å². The zero-order valence-electron chi connectivity index (χ0n) is 6.80. The van der Waals surface area contributed by atoms with E-state index in [1.165, 1.54) is 0 Å². The van der Waals surface area contributed by atoms with Gasteiger partial charge >= 0.3 is 6.16 Å². The molecule has 0 aromatic rings. The van der Waals surface area contributed by atoms with Crippen LogP contribution in [-0.4, -0.2) is 17.9 Å². The van der Waals surface area contributed by atoms with Crippen LogP contribution in [0.2, 0.25) is 0 Å². The second-order valence-corrected chi connectivity index (χ2v) is 2.85. The van der Waals surface area contributed by atoms with Gasteiger partial charge in [-0.3, -0.25) is 0 Å². The van der Waals surface area contributed by atoms with Crippen LogP contribution in [-0.2, 0) is 9.47 Å². The van der Waals surface area contributed by atoms with E-state index >= 15 is 0 Å². The fraction of sp³-hybridized carbons (Fsp3) is 0.625. The van der Waals surface area contributed by atoms with E-state index in [2.05, 4.69) is 11.8 Å². The Morgan fingerprint density at radius 1 is 1.55 bits per heavy atom. The SMILES string of the molecule is CC#CC1OC(=O)OC1(C)C. The Kier molecular flexibility index (Phi) is 1.77. The molecule has 1 fully saturated rings. The summed E-state index contributed by atoms with van der Waals surface area (Å²) in [5.41, 5.74) is -0.611. The van der Waals surface area contributed by atoms with Gasteiger partial charge in [0.1, 0.15) is 0 Å². The quantitative estimate of drug-likeness (QED) is 0.390. The van der Waals surface area contributed by atoms with Crippen LogP contribution in [0.4, 0.5) is 4.79 Å². The Hall–Kier alpha value is -1.17. The molecule has 1 heterocycles. The van der Waals surface area contributed by atoms with Gasteiger partial charge in [0.25, 0.3) is 0 Å². The molecule has 0 aliphatic carbocycles. The maximum Gasteiger partial charge on any atom is 0.510 e. The lowest BCUT2D eigenvalue weighted by molar-refractivity contribution is 0.0778. The second-order valence-electron chi connectivity index (χ2n) is 2.85. The molecule has 3 heteroatoms. The molecule has 1 atom stereocenters. The Morgan fingerprint density at radius 3 is 2.55 bits per heavy atom. The van der Waals surface area contributed by atoms with E-state index in [9.17, 15) is 4.79 Å². The summed E-state index contributed by atoms with van der Waals surface area (Å²) in [5.74, 6) is 5.43. The van der Waals surface area contributed by atoms with Crippen molar-refractivity contribution in [3.8, 4) is 11.8 Å². The first-order chi connectivity index (χ1) is 5.06. The van der Waals surface area contributed by atoms with Crippen LogP contribution in [0.5, 0.6) is 0 Å². The van der Waals surface area contributed by atoms with Crippen molar-refractivity contribution in [2.24, 2.45) is 0 Å². The Morgan fingerprint density at radius 2 is 2.18 bits per heavy atom. The molecule has 1 rings (SSSR count). The van der Waals surface area contributed by atoms with Gasteiger partial charge in [-0.05, 0) is 20.8 Å². The molecule has 0 bridgehead atoms. The fourth-order valence-corrected chi connectivity index (χ4v) is 0.865. The summed E-state index contributed by atoms with van der Waals surface area (Å²) in [4.78, 5) is 10.6. The molecule has 1 aliphatic heterocycles. The van der Waals surface area contributed by atoms with E-state index in [1.54, 1.807) is 20.8 Å². The van der Waals surface area contributed by atoms with Gasteiger partial charge in [-0.15, -0.1) is 5.92 Å². The minimum Gasteiger partial charge on any atom is -0.423 e. The Balaban J connectivity index is 2.79. The Labute approximate surface area is 65.7 Å². The van der Waals surface area contributed by atoms with E-state index in [0.29, 0.717) is 0 Å². The highest BCUT2D eigenvalue weighted by molar-refractivity contribution is 5.64.